The van der Waals surface area contributed by atoms with Crippen molar-refractivity contribution in [3.63, 3.8) is 0 Å². The normalized spacial score (nSPS) is 10.8. The zero-order valence-corrected chi connectivity index (χ0v) is 16.6. The quantitative estimate of drug-likeness (QED) is 0.475. The van der Waals surface area contributed by atoms with Crippen LogP contribution in [-0.4, -0.2) is 24.3 Å². The standard InChI is InChI=1S/C15H11Br3N2O3/c1-23-12-6-11(17)13(18)10(14(12)21)7-19-20-15(22)8-3-2-4-9(16)5-8/h2-7,21H,1H3,(H,20,22)/b19-7+. The third kappa shape index (κ3) is 4.33. The number of phenolic OH excluding ortho intramolecular Hbond substituents is 1. The van der Waals surface area contributed by atoms with Gasteiger partial charge in [0, 0.05) is 19.0 Å². The summed E-state index contributed by atoms with van der Waals surface area (Å²) in [4.78, 5) is 12.0. The number of rotatable bonds is 4. The summed E-state index contributed by atoms with van der Waals surface area (Å²) in [6.45, 7) is 0. The number of carbonyl (C=O) groups is 1. The van der Waals surface area contributed by atoms with Gasteiger partial charge in [0.05, 0.1) is 18.9 Å². The Labute approximate surface area is 158 Å². The summed E-state index contributed by atoms with van der Waals surface area (Å²) in [6.07, 6.45) is 1.34. The Morgan fingerprint density at radius 3 is 2.70 bits per heavy atom. The molecule has 0 saturated carbocycles. The second kappa shape index (κ2) is 7.94. The number of halogens is 3. The lowest BCUT2D eigenvalue weighted by Crippen LogP contribution is -2.17. The van der Waals surface area contributed by atoms with Crippen LogP contribution < -0.4 is 10.2 Å². The van der Waals surface area contributed by atoms with E-state index in [1.807, 2.05) is 6.07 Å². The molecule has 0 aliphatic rings. The summed E-state index contributed by atoms with van der Waals surface area (Å²) in [7, 11) is 1.45. The minimum atomic E-state index is -0.361. The van der Waals surface area contributed by atoms with Crippen LogP contribution in [0.4, 0.5) is 0 Å². The number of nitrogens with zero attached hydrogens (tertiary/aromatic N) is 1. The van der Waals surface area contributed by atoms with Crippen molar-refractivity contribution in [3.05, 3.63) is 54.9 Å². The number of hydrazone groups is 1. The molecular formula is C15H11Br3N2O3. The highest BCUT2D eigenvalue weighted by atomic mass is 79.9. The van der Waals surface area contributed by atoms with Gasteiger partial charge in [0.2, 0.25) is 0 Å². The number of hydrogen-bond acceptors (Lipinski definition) is 4. The maximum absolute atomic E-state index is 12.0. The molecule has 1 amide bonds. The Hall–Kier alpha value is -1.38. The van der Waals surface area contributed by atoms with Gasteiger partial charge in [0.25, 0.3) is 5.91 Å². The number of benzene rings is 2. The van der Waals surface area contributed by atoms with E-state index in [4.69, 9.17) is 4.74 Å². The molecule has 0 aromatic heterocycles. The van der Waals surface area contributed by atoms with E-state index < -0.39 is 0 Å². The maximum atomic E-state index is 12.0. The van der Waals surface area contributed by atoms with E-state index in [1.165, 1.54) is 13.3 Å². The molecule has 0 aliphatic heterocycles. The Bertz CT molecular complexity index is 779. The molecule has 0 unspecified atom stereocenters. The molecule has 120 valence electrons. The van der Waals surface area contributed by atoms with Gasteiger partial charge in [-0.3, -0.25) is 4.79 Å². The summed E-state index contributed by atoms with van der Waals surface area (Å²) in [5.74, 6) is -0.150. The highest BCUT2D eigenvalue weighted by Crippen LogP contribution is 2.39. The zero-order chi connectivity index (χ0) is 17.0. The fourth-order valence-corrected chi connectivity index (χ4v) is 2.96. The minimum absolute atomic E-state index is 0.0805. The van der Waals surface area contributed by atoms with Gasteiger partial charge in [-0.25, -0.2) is 5.43 Å². The topological polar surface area (TPSA) is 70.9 Å². The Kier molecular flexibility index (Phi) is 6.20. The number of carbonyl (C=O) groups excluding carboxylic acids is 1. The van der Waals surface area contributed by atoms with Gasteiger partial charge in [-0.2, -0.15) is 5.10 Å². The van der Waals surface area contributed by atoms with Crippen molar-refractivity contribution in [2.24, 2.45) is 5.10 Å². The first-order valence-electron chi connectivity index (χ1n) is 6.28. The van der Waals surface area contributed by atoms with Crippen molar-refractivity contribution in [3.8, 4) is 11.5 Å². The maximum Gasteiger partial charge on any atom is 0.271 e. The number of ether oxygens (including phenoxy) is 1. The first kappa shape index (κ1) is 18.0. The second-order valence-electron chi connectivity index (χ2n) is 4.35. The largest absolute Gasteiger partial charge is 0.504 e. The molecule has 0 aliphatic carbocycles. The highest BCUT2D eigenvalue weighted by molar-refractivity contribution is 9.13. The molecule has 0 fully saturated rings. The van der Waals surface area contributed by atoms with Crippen molar-refractivity contribution >= 4 is 59.9 Å². The third-order valence-electron chi connectivity index (χ3n) is 2.86. The summed E-state index contributed by atoms with van der Waals surface area (Å²) in [6, 6.07) is 8.55. The zero-order valence-electron chi connectivity index (χ0n) is 11.8. The van der Waals surface area contributed by atoms with E-state index in [0.29, 0.717) is 25.8 Å². The van der Waals surface area contributed by atoms with E-state index in [1.54, 1.807) is 24.3 Å². The summed E-state index contributed by atoms with van der Waals surface area (Å²) < 4.78 is 7.15. The Morgan fingerprint density at radius 2 is 2.04 bits per heavy atom. The number of methoxy groups -OCH3 is 1. The van der Waals surface area contributed by atoms with Crippen molar-refractivity contribution in [1.82, 2.24) is 5.43 Å². The monoisotopic (exact) mass is 504 g/mol. The number of nitrogens with one attached hydrogen (secondary N) is 1. The van der Waals surface area contributed by atoms with E-state index in [9.17, 15) is 9.90 Å². The SMILES string of the molecule is COc1cc(Br)c(Br)c(/C=N/NC(=O)c2cccc(Br)c2)c1O. The molecule has 0 saturated heterocycles. The predicted molar refractivity (Wildman–Crippen MR) is 99.3 cm³/mol. The average Bonchev–Trinajstić information content (AvgIpc) is 2.54. The van der Waals surface area contributed by atoms with E-state index in [0.717, 1.165) is 4.47 Å². The molecule has 2 aromatic carbocycles. The molecule has 0 spiro atoms. The molecule has 2 N–H and O–H groups in total. The average molecular weight is 507 g/mol. The van der Waals surface area contributed by atoms with E-state index in [-0.39, 0.29) is 11.7 Å². The van der Waals surface area contributed by atoms with Crippen LogP contribution >= 0.6 is 47.8 Å². The first-order chi connectivity index (χ1) is 10.9. The molecule has 2 aromatic rings. The van der Waals surface area contributed by atoms with E-state index in [2.05, 4.69) is 58.3 Å². The van der Waals surface area contributed by atoms with Crippen LogP contribution in [0.2, 0.25) is 0 Å². The van der Waals surface area contributed by atoms with Crippen molar-refractivity contribution < 1.29 is 14.6 Å². The lowest BCUT2D eigenvalue weighted by molar-refractivity contribution is 0.0955. The molecule has 5 nitrogen and oxygen atoms in total. The van der Waals surface area contributed by atoms with Crippen molar-refractivity contribution in [2.45, 2.75) is 0 Å². The van der Waals surface area contributed by atoms with Crippen LogP contribution in [0.15, 0.2) is 48.9 Å². The smallest absolute Gasteiger partial charge is 0.271 e. The van der Waals surface area contributed by atoms with Crippen LogP contribution in [0.25, 0.3) is 0 Å². The van der Waals surface area contributed by atoms with Crippen LogP contribution in [-0.2, 0) is 0 Å². The second-order valence-corrected chi connectivity index (χ2v) is 6.91. The van der Waals surface area contributed by atoms with Crippen molar-refractivity contribution in [2.75, 3.05) is 7.11 Å². The predicted octanol–water partition coefficient (Wildman–Crippen LogP) is 4.45. The third-order valence-corrected chi connectivity index (χ3v) is 5.36. The molecule has 2 rings (SSSR count). The van der Waals surface area contributed by atoms with Crippen LogP contribution in [0.5, 0.6) is 11.5 Å². The molecule has 0 radical (unpaired) electrons. The molecule has 23 heavy (non-hydrogen) atoms. The van der Waals surface area contributed by atoms with Gasteiger partial charge in [-0.15, -0.1) is 0 Å². The van der Waals surface area contributed by atoms with Gasteiger partial charge in [0.15, 0.2) is 11.5 Å². The number of aromatic hydroxyl groups is 1. The fraction of sp³-hybridized carbons (Fsp3) is 0.0667. The lowest BCUT2D eigenvalue weighted by Gasteiger charge is -2.09. The minimum Gasteiger partial charge on any atom is -0.504 e. The Balaban J connectivity index is 2.21. The van der Waals surface area contributed by atoms with Crippen LogP contribution in [0.1, 0.15) is 15.9 Å². The number of hydrogen-bond donors (Lipinski definition) is 2. The van der Waals surface area contributed by atoms with Gasteiger partial charge < -0.3 is 9.84 Å². The van der Waals surface area contributed by atoms with Gasteiger partial charge in [0.1, 0.15) is 0 Å². The van der Waals surface area contributed by atoms with Crippen molar-refractivity contribution in [1.29, 1.82) is 0 Å². The molecule has 0 bridgehead atoms. The molecule has 0 atom stereocenters. The van der Waals surface area contributed by atoms with Crippen LogP contribution in [0.3, 0.4) is 0 Å². The summed E-state index contributed by atoms with van der Waals surface area (Å²) >= 11 is 9.99. The number of amides is 1. The molecular weight excluding hydrogens is 496 g/mol. The van der Waals surface area contributed by atoms with Crippen LogP contribution in [0, 0.1) is 0 Å². The van der Waals surface area contributed by atoms with Gasteiger partial charge in [-0.05, 0) is 56.1 Å². The number of phenols is 1. The molecule has 8 heteroatoms. The molecule has 0 heterocycles. The highest BCUT2D eigenvalue weighted by Gasteiger charge is 2.14. The van der Waals surface area contributed by atoms with E-state index >= 15 is 0 Å². The van der Waals surface area contributed by atoms with Gasteiger partial charge in [-0.1, -0.05) is 22.0 Å². The summed E-state index contributed by atoms with van der Waals surface area (Å²) in [5.41, 5.74) is 3.25. The van der Waals surface area contributed by atoms with Gasteiger partial charge >= 0.3 is 0 Å². The summed E-state index contributed by atoms with van der Waals surface area (Å²) in [5, 5.41) is 14.0. The first-order valence-corrected chi connectivity index (χ1v) is 8.66. The Morgan fingerprint density at radius 1 is 1.30 bits per heavy atom. The lowest BCUT2D eigenvalue weighted by atomic mass is 10.2. The fourth-order valence-electron chi connectivity index (χ4n) is 1.74.